The summed E-state index contributed by atoms with van der Waals surface area (Å²) >= 11 is 6.42. The topological polar surface area (TPSA) is 91.8 Å². The van der Waals surface area contributed by atoms with Gasteiger partial charge < -0.3 is 14.5 Å². The van der Waals surface area contributed by atoms with Crippen molar-refractivity contribution < 1.29 is 17.9 Å². The SMILES string of the molecule is COc1cccc(N2CCN(C(=O)c3ccc(NS(=O)(=O)c4cccc5cccnc45)c(Cl)c3)CC2)c1. The number of amides is 1. The highest BCUT2D eigenvalue weighted by Crippen LogP contribution is 2.29. The highest BCUT2D eigenvalue weighted by molar-refractivity contribution is 7.93. The lowest BCUT2D eigenvalue weighted by Crippen LogP contribution is -2.48. The molecule has 10 heteroatoms. The third-order valence-corrected chi connectivity index (χ3v) is 8.04. The van der Waals surface area contributed by atoms with E-state index in [-0.39, 0.29) is 21.5 Å². The van der Waals surface area contributed by atoms with Gasteiger partial charge in [-0.3, -0.25) is 14.5 Å². The Morgan fingerprint density at radius 1 is 0.973 bits per heavy atom. The van der Waals surface area contributed by atoms with Gasteiger partial charge in [-0.05, 0) is 42.5 Å². The van der Waals surface area contributed by atoms with Gasteiger partial charge in [0.25, 0.3) is 15.9 Å². The predicted octanol–water partition coefficient (Wildman–Crippen LogP) is 4.66. The fourth-order valence-electron chi connectivity index (χ4n) is 4.38. The summed E-state index contributed by atoms with van der Waals surface area (Å²) in [5.74, 6) is 0.637. The number of methoxy groups -OCH3 is 1. The maximum Gasteiger partial charge on any atom is 0.264 e. The highest BCUT2D eigenvalue weighted by atomic mass is 35.5. The molecule has 0 atom stereocenters. The van der Waals surface area contributed by atoms with Crippen molar-refractivity contribution in [2.24, 2.45) is 0 Å². The Bertz CT molecular complexity index is 1560. The van der Waals surface area contributed by atoms with Crippen molar-refractivity contribution in [1.29, 1.82) is 0 Å². The number of sulfonamides is 1. The number of halogens is 1. The minimum absolute atomic E-state index is 0.0516. The van der Waals surface area contributed by atoms with Gasteiger partial charge in [-0.15, -0.1) is 0 Å². The van der Waals surface area contributed by atoms with Crippen molar-refractivity contribution in [2.75, 3.05) is 42.9 Å². The molecule has 0 bridgehead atoms. The van der Waals surface area contributed by atoms with E-state index < -0.39 is 10.0 Å². The average molecular weight is 537 g/mol. The Labute approximate surface area is 220 Å². The maximum atomic E-state index is 13.1. The first-order chi connectivity index (χ1) is 17.9. The van der Waals surface area contributed by atoms with Crippen molar-refractivity contribution in [2.45, 2.75) is 4.90 Å². The van der Waals surface area contributed by atoms with Gasteiger partial charge in [-0.2, -0.15) is 0 Å². The first-order valence-corrected chi connectivity index (χ1v) is 13.6. The maximum absolute atomic E-state index is 13.1. The molecule has 0 spiro atoms. The monoisotopic (exact) mass is 536 g/mol. The first kappa shape index (κ1) is 24.9. The molecule has 3 aromatic carbocycles. The Morgan fingerprint density at radius 3 is 2.49 bits per heavy atom. The summed E-state index contributed by atoms with van der Waals surface area (Å²) in [6.07, 6.45) is 1.55. The Kier molecular flexibility index (Phi) is 6.90. The van der Waals surface area contributed by atoms with Crippen LogP contribution in [0.5, 0.6) is 5.75 Å². The number of nitrogens with one attached hydrogen (secondary N) is 1. The number of benzene rings is 3. The van der Waals surface area contributed by atoms with E-state index >= 15 is 0 Å². The number of carbonyl (C=O) groups is 1. The van der Waals surface area contributed by atoms with Crippen LogP contribution in [0.25, 0.3) is 10.9 Å². The molecule has 0 unspecified atom stereocenters. The van der Waals surface area contributed by atoms with Gasteiger partial charge in [0.1, 0.15) is 10.6 Å². The summed E-state index contributed by atoms with van der Waals surface area (Å²) in [5.41, 5.74) is 2.00. The van der Waals surface area contributed by atoms with Crippen LogP contribution < -0.4 is 14.4 Å². The lowest BCUT2D eigenvalue weighted by molar-refractivity contribution is 0.0747. The predicted molar refractivity (Wildman–Crippen MR) is 145 cm³/mol. The third kappa shape index (κ3) is 5.19. The van der Waals surface area contributed by atoms with Crippen LogP contribution in [0.4, 0.5) is 11.4 Å². The van der Waals surface area contributed by atoms with E-state index in [1.807, 2.05) is 24.3 Å². The van der Waals surface area contributed by atoms with Gasteiger partial charge in [0.05, 0.1) is 23.3 Å². The molecule has 1 aliphatic rings. The van der Waals surface area contributed by atoms with Crippen molar-refractivity contribution in [1.82, 2.24) is 9.88 Å². The number of ether oxygens (including phenoxy) is 1. The molecule has 37 heavy (non-hydrogen) atoms. The molecule has 8 nitrogen and oxygen atoms in total. The summed E-state index contributed by atoms with van der Waals surface area (Å²) in [4.78, 5) is 21.4. The molecule has 1 saturated heterocycles. The van der Waals surface area contributed by atoms with Crippen LogP contribution in [-0.2, 0) is 10.0 Å². The van der Waals surface area contributed by atoms with E-state index in [2.05, 4.69) is 14.6 Å². The van der Waals surface area contributed by atoms with Crippen LogP contribution in [0, 0.1) is 0 Å². The zero-order valence-electron chi connectivity index (χ0n) is 20.1. The Morgan fingerprint density at radius 2 is 1.73 bits per heavy atom. The van der Waals surface area contributed by atoms with Gasteiger partial charge in [-0.1, -0.05) is 35.9 Å². The van der Waals surface area contributed by atoms with Gasteiger partial charge in [-0.25, -0.2) is 8.42 Å². The van der Waals surface area contributed by atoms with Crippen molar-refractivity contribution in [3.05, 3.63) is 89.6 Å². The number of fused-ring (bicyclic) bond motifs is 1. The fraction of sp³-hybridized carbons (Fsp3) is 0.185. The number of nitrogens with zero attached hydrogens (tertiary/aromatic N) is 3. The van der Waals surface area contributed by atoms with Crippen LogP contribution in [0.1, 0.15) is 10.4 Å². The molecule has 2 heterocycles. The summed E-state index contributed by atoms with van der Waals surface area (Å²) < 4.78 is 34.1. The fourth-order valence-corrected chi connectivity index (χ4v) is 5.93. The summed E-state index contributed by atoms with van der Waals surface area (Å²) in [5, 5.41) is 0.849. The zero-order valence-corrected chi connectivity index (χ0v) is 21.7. The van der Waals surface area contributed by atoms with Crippen molar-refractivity contribution in [3.63, 3.8) is 0 Å². The van der Waals surface area contributed by atoms with Gasteiger partial charge in [0.15, 0.2) is 0 Å². The lowest BCUT2D eigenvalue weighted by Gasteiger charge is -2.36. The van der Waals surface area contributed by atoms with Crippen LogP contribution in [-0.4, -0.2) is 57.5 Å². The molecule has 1 amide bonds. The molecule has 1 fully saturated rings. The van der Waals surface area contributed by atoms with E-state index in [9.17, 15) is 13.2 Å². The van der Waals surface area contributed by atoms with Gasteiger partial charge >= 0.3 is 0 Å². The minimum Gasteiger partial charge on any atom is -0.497 e. The van der Waals surface area contributed by atoms with Crippen LogP contribution in [0.15, 0.2) is 83.9 Å². The number of hydrogen-bond acceptors (Lipinski definition) is 6. The number of aromatic nitrogens is 1. The third-order valence-electron chi connectivity index (χ3n) is 6.33. The second-order valence-corrected chi connectivity index (χ2v) is 10.7. The average Bonchev–Trinajstić information content (AvgIpc) is 2.93. The van der Waals surface area contributed by atoms with Gasteiger partial charge in [0, 0.05) is 55.1 Å². The lowest BCUT2D eigenvalue weighted by atomic mass is 10.1. The molecular weight excluding hydrogens is 512 g/mol. The summed E-state index contributed by atoms with van der Waals surface area (Å²) in [6, 6.07) is 20.9. The second-order valence-electron chi connectivity index (χ2n) is 8.61. The quantitative estimate of drug-likeness (QED) is 0.385. The number of pyridine rings is 1. The number of para-hydroxylation sites is 1. The van der Waals surface area contributed by atoms with E-state index in [1.165, 1.54) is 18.2 Å². The summed E-state index contributed by atoms with van der Waals surface area (Å²) in [6.45, 7) is 2.47. The number of hydrogen-bond donors (Lipinski definition) is 1. The van der Waals surface area contributed by atoms with Crippen molar-refractivity contribution in [3.8, 4) is 5.75 Å². The molecule has 0 saturated carbocycles. The molecule has 0 radical (unpaired) electrons. The van der Waals surface area contributed by atoms with Crippen LogP contribution in [0.3, 0.4) is 0 Å². The number of carbonyl (C=O) groups excluding carboxylic acids is 1. The molecule has 1 aromatic heterocycles. The zero-order chi connectivity index (χ0) is 26.0. The van der Waals surface area contributed by atoms with Crippen LogP contribution in [0.2, 0.25) is 5.02 Å². The molecule has 4 aromatic rings. The highest BCUT2D eigenvalue weighted by Gasteiger charge is 2.24. The van der Waals surface area contributed by atoms with E-state index in [4.69, 9.17) is 16.3 Å². The van der Waals surface area contributed by atoms with E-state index in [0.717, 1.165) is 11.4 Å². The smallest absolute Gasteiger partial charge is 0.264 e. The number of anilines is 2. The summed E-state index contributed by atoms with van der Waals surface area (Å²) in [7, 11) is -2.32. The molecule has 190 valence electrons. The van der Waals surface area contributed by atoms with Crippen molar-refractivity contribution >= 4 is 49.8 Å². The number of rotatable bonds is 6. The van der Waals surface area contributed by atoms with E-state index in [0.29, 0.717) is 42.6 Å². The second kappa shape index (κ2) is 10.3. The Hall–Kier alpha value is -3.82. The molecule has 5 rings (SSSR count). The number of piperazine rings is 1. The molecule has 1 N–H and O–H groups in total. The van der Waals surface area contributed by atoms with Crippen LogP contribution >= 0.6 is 11.6 Å². The minimum atomic E-state index is -3.96. The van der Waals surface area contributed by atoms with Gasteiger partial charge in [0.2, 0.25) is 0 Å². The normalized spacial score (nSPS) is 14.0. The molecular formula is C27H25ClN4O4S. The van der Waals surface area contributed by atoms with E-state index in [1.54, 1.807) is 48.5 Å². The molecule has 1 aliphatic heterocycles. The Balaban J connectivity index is 1.28. The standard InChI is InChI=1S/C27H25ClN4O4S/c1-36-22-8-3-7-21(18-22)31-13-15-32(16-14-31)27(33)20-10-11-24(23(28)17-20)30-37(34,35)25-9-2-5-19-6-4-12-29-26(19)25/h2-12,17-18,30H,13-16H2,1H3. The molecule has 0 aliphatic carbocycles. The largest absolute Gasteiger partial charge is 0.497 e. The first-order valence-electron chi connectivity index (χ1n) is 11.7.